The third-order valence-electron chi connectivity index (χ3n) is 3.74. The molecule has 2 aromatic carbocycles. The van der Waals surface area contributed by atoms with Gasteiger partial charge >= 0.3 is 0 Å². The predicted molar refractivity (Wildman–Crippen MR) is 103 cm³/mol. The summed E-state index contributed by atoms with van der Waals surface area (Å²) in [7, 11) is 4.47. The largest absolute Gasteiger partial charge is 0.496 e. The van der Waals surface area contributed by atoms with Crippen molar-refractivity contribution in [3.05, 3.63) is 47.0 Å². The molecule has 27 heavy (non-hydrogen) atoms. The van der Waals surface area contributed by atoms with E-state index in [1.165, 1.54) is 26.4 Å². The first-order valence-corrected chi connectivity index (χ1v) is 8.46. The molecule has 2 rings (SSSR count). The number of rotatable bonds is 8. The van der Waals surface area contributed by atoms with E-state index in [0.717, 1.165) is 5.56 Å². The van der Waals surface area contributed by atoms with Crippen molar-refractivity contribution in [3.63, 3.8) is 0 Å². The number of para-hydroxylation sites is 1. The van der Waals surface area contributed by atoms with Gasteiger partial charge in [-0.15, -0.1) is 0 Å². The molecule has 144 valence electrons. The normalized spacial score (nSPS) is 10.1. The maximum absolute atomic E-state index is 12.2. The molecule has 0 heterocycles. The Morgan fingerprint density at radius 1 is 0.926 bits per heavy atom. The fourth-order valence-corrected chi connectivity index (χ4v) is 2.63. The molecule has 0 unspecified atom stereocenters. The molecule has 2 aromatic rings. The molecule has 0 aliphatic rings. The van der Waals surface area contributed by atoms with Crippen LogP contribution in [0.4, 0.5) is 5.69 Å². The minimum absolute atomic E-state index is 0.258. The van der Waals surface area contributed by atoms with Crippen molar-refractivity contribution in [1.82, 2.24) is 5.32 Å². The van der Waals surface area contributed by atoms with Crippen molar-refractivity contribution >= 4 is 29.1 Å². The van der Waals surface area contributed by atoms with Gasteiger partial charge in [0, 0.05) is 24.2 Å². The quantitative estimate of drug-likeness (QED) is 0.674. The van der Waals surface area contributed by atoms with Crippen molar-refractivity contribution in [2.24, 2.45) is 0 Å². The highest BCUT2D eigenvalue weighted by molar-refractivity contribution is 6.32. The summed E-state index contributed by atoms with van der Waals surface area (Å²) in [4.78, 5) is 24.2. The zero-order valence-electron chi connectivity index (χ0n) is 15.3. The Morgan fingerprint density at radius 2 is 1.59 bits per heavy atom. The Balaban J connectivity index is 1.96. The van der Waals surface area contributed by atoms with E-state index in [4.69, 9.17) is 25.8 Å². The average Bonchev–Trinajstić information content (AvgIpc) is 2.67. The SMILES string of the molecule is COc1cc(NC(=O)CC(=O)NCc2ccccc2OC)c(OC)cc1Cl. The van der Waals surface area contributed by atoms with E-state index < -0.39 is 11.8 Å². The summed E-state index contributed by atoms with van der Waals surface area (Å²) >= 11 is 6.03. The number of anilines is 1. The zero-order valence-corrected chi connectivity index (χ0v) is 16.1. The number of hydrogen-bond acceptors (Lipinski definition) is 5. The Hall–Kier alpha value is -2.93. The second kappa shape index (κ2) is 9.68. The summed E-state index contributed by atoms with van der Waals surface area (Å²) in [6, 6.07) is 10.4. The van der Waals surface area contributed by atoms with Crippen LogP contribution in [0.15, 0.2) is 36.4 Å². The van der Waals surface area contributed by atoms with E-state index in [1.54, 1.807) is 13.2 Å². The predicted octanol–water partition coefficient (Wildman–Crippen LogP) is 3.01. The van der Waals surface area contributed by atoms with Crippen LogP contribution in [-0.4, -0.2) is 33.1 Å². The molecular formula is C19H21ClN2O5. The second-order valence-corrected chi connectivity index (χ2v) is 5.91. The fraction of sp³-hybridized carbons (Fsp3) is 0.263. The van der Waals surface area contributed by atoms with Gasteiger partial charge in [0.1, 0.15) is 23.7 Å². The van der Waals surface area contributed by atoms with Gasteiger partial charge in [-0.1, -0.05) is 29.8 Å². The molecule has 0 aliphatic heterocycles. The number of amides is 2. The maximum Gasteiger partial charge on any atom is 0.233 e. The van der Waals surface area contributed by atoms with Crippen molar-refractivity contribution in [2.45, 2.75) is 13.0 Å². The molecule has 0 aromatic heterocycles. The van der Waals surface area contributed by atoms with Gasteiger partial charge in [-0.2, -0.15) is 0 Å². The van der Waals surface area contributed by atoms with Crippen LogP contribution in [0.3, 0.4) is 0 Å². The van der Waals surface area contributed by atoms with Crippen LogP contribution in [0.1, 0.15) is 12.0 Å². The first-order chi connectivity index (χ1) is 13.0. The van der Waals surface area contributed by atoms with Gasteiger partial charge in [-0.05, 0) is 6.07 Å². The monoisotopic (exact) mass is 392 g/mol. The van der Waals surface area contributed by atoms with Crippen molar-refractivity contribution < 1.29 is 23.8 Å². The molecule has 7 nitrogen and oxygen atoms in total. The summed E-state index contributed by atoms with van der Waals surface area (Å²) in [6.07, 6.45) is -0.344. The van der Waals surface area contributed by atoms with Crippen molar-refractivity contribution in [1.29, 1.82) is 0 Å². The summed E-state index contributed by atoms with van der Waals surface area (Å²) in [5, 5.41) is 5.67. The highest BCUT2D eigenvalue weighted by Gasteiger charge is 2.15. The van der Waals surface area contributed by atoms with Crippen LogP contribution >= 0.6 is 11.6 Å². The van der Waals surface area contributed by atoms with Gasteiger partial charge in [-0.3, -0.25) is 9.59 Å². The molecule has 0 fully saturated rings. The molecule has 0 atom stereocenters. The Labute approximate surface area is 162 Å². The Morgan fingerprint density at radius 3 is 2.26 bits per heavy atom. The Kier molecular flexibility index (Phi) is 7.31. The number of ether oxygens (including phenoxy) is 3. The number of hydrogen-bond donors (Lipinski definition) is 2. The topological polar surface area (TPSA) is 85.9 Å². The van der Waals surface area contributed by atoms with E-state index in [0.29, 0.717) is 28.0 Å². The third-order valence-corrected chi connectivity index (χ3v) is 4.03. The summed E-state index contributed by atoms with van der Waals surface area (Å²) in [5.74, 6) is 0.505. The third kappa shape index (κ3) is 5.52. The number of benzene rings is 2. The number of carbonyl (C=O) groups is 2. The maximum atomic E-state index is 12.2. The Bertz CT molecular complexity index is 826. The van der Waals surface area contributed by atoms with Crippen LogP contribution in [0.25, 0.3) is 0 Å². The number of nitrogens with one attached hydrogen (secondary N) is 2. The summed E-state index contributed by atoms with van der Waals surface area (Å²) in [6.45, 7) is 0.258. The molecule has 0 radical (unpaired) electrons. The van der Waals surface area contributed by atoms with Gasteiger partial charge in [0.05, 0.1) is 32.0 Å². The number of methoxy groups -OCH3 is 3. The zero-order chi connectivity index (χ0) is 19.8. The fourth-order valence-electron chi connectivity index (χ4n) is 2.40. The smallest absolute Gasteiger partial charge is 0.233 e. The van der Waals surface area contributed by atoms with E-state index in [2.05, 4.69) is 10.6 Å². The van der Waals surface area contributed by atoms with Crippen LogP contribution in [0.2, 0.25) is 5.02 Å². The van der Waals surface area contributed by atoms with Crippen molar-refractivity contribution in [2.75, 3.05) is 26.6 Å². The molecule has 0 bridgehead atoms. The lowest BCUT2D eigenvalue weighted by Crippen LogP contribution is -2.28. The van der Waals surface area contributed by atoms with Gasteiger partial charge < -0.3 is 24.8 Å². The van der Waals surface area contributed by atoms with E-state index >= 15 is 0 Å². The molecule has 0 saturated heterocycles. The molecule has 0 aliphatic carbocycles. The van der Waals surface area contributed by atoms with Crippen LogP contribution in [0.5, 0.6) is 17.2 Å². The van der Waals surface area contributed by atoms with Crippen molar-refractivity contribution in [3.8, 4) is 17.2 Å². The summed E-state index contributed by atoms with van der Waals surface area (Å²) in [5.41, 5.74) is 1.18. The number of halogens is 1. The van der Waals surface area contributed by atoms with Gasteiger partial charge in [-0.25, -0.2) is 0 Å². The minimum atomic E-state index is -0.491. The molecule has 2 amide bonds. The van der Waals surface area contributed by atoms with E-state index in [1.807, 2.05) is 18.2 Å². The standard InChI is InChI=1S/C19H21ClN2O5/c1-25-15-7-5-4-6-12(15)11-21-18(23)10-19(24)22-14-9-16(26-2)13(20)8-17(14)27-3/h4-9H,10-11H2,1-3H3,(H,21,23)(H,22,24). The van der Waals surface area contributed by atoms with E-state index in [9.17, 15) is 9.59 Å². The van der Waals surface area contributed by atoms with Crippen LogP contribution in [0, 0.1) is 0 Å². The lowest BCUT2D eigenvalue weighted by molar-refractivity contribution is -0.126. The average molecular weight is 393 g/mol. The van der Waals surface area contributed by atoms with Crippen LogP contribution < -0.4 is 24.8 Å². The molecule has 8 heteroatoms. The van der Waals surface area contributed by atoms with Gasteiger partial charge in [0.15, 0.2) is 0 Å². The van der Waals surface area contributed by atoms with Gasteiger partial charge in [0.25, 0.3) is 0 Å². The lowest BCUT2D eigenvalue weighted by atomic mass is 10.2. The van der Waals surface area contributed by atoms with E-state index in [-0.39, 0.29) is 13.0 Å². The second-order valence-electron chi connectivity index (χ2n) is 5.50. The first kappa shape index (κ1) is 20.4. The molecule has 0 saturated carbocycles. The first-order valence-electron chi connectivity index (χ1n) is 8.08. The molecule has 2 N–H and O–H groups in total. The number of carbonyl (C=O) groups excluding carboxylic acids is 2. The highest BCUT2D eigenvalue weighted by Crippen LogP contribution is 2.35. The van der Waals surface area contributed by atoms with Gasteiger partial charge in [0.2, 0.25) is 11.8 Å². The highest BCUT2D eigenvalue weighted by atomic mass is 35.5. The molecule has 0 spiro atoms. The molecular weight excluding hydrogens is 372 g/mol. The van der Waals surface area contributed by atoms with Crippen LogP contribution in [-0.2, 0) is 16.1 Å². The summed E-state index contributed by atoms with van der Waals surface area (Å²) < 4.78 is 15.5. The lowest BCUT2D eigenvalue weighted by Gasteiger charge is -2.13. The minimum Gasteiger partial charge on any atom is -0.496 e.